The van der Waals surface area contributed by atoms with Crippen LogP contribution in [0.15, 0.2) is 4.99 Å². The number of unbranched alkanes of at least 4 members (excludes halogenated alkanes) is 1. The van der Waals surface area contributed by atoms with Gasteiger partial charge in [-0.1, -0.05) is 45.4 Å². The zero-order valence-corrected chi connectivity index (χ0v) is 18.5. The third kappa shape index (κ3) is 5.32. The first-order valence-corrected chi connectivity index (χ1v) is 11.9. The molecule has 0 aromatic rings. The Balaban J connectivity index is 1.66. The SMILES string of the molecule is CCCCC(=O)N1CCCC(C[C@]2(CCC3CCCCC3)N=C(N)N(C)C2=O)C1. The lowest BCUT2D eigenvalue weighted by molar-refractivity contribution is -0.134. The number of carbonyl (C=O) groups is 2. The molecule has 1 unspecified atom stereocenters. The van der Waals surface area contributed by atoms with Crippen molar-refractivity contribution in [3.63, 3.8) is 0 Å². The minimum atomic E-state index is -0.712. The lowest BCUT2D eigenvalue weighted by Gasteiger charge is -2.37. The van der Waals surface area contributed by atoms with Crippen molar-refractivity contribution in [3.05, 3.63) is 0 Å². The summed E-state index contributed by atoms with van der Waals surface area (Å²) in [6.07, 6.45) is 13.8. The van der Waals surface area contributed by atoms with E-state index in [-0.39, 0.29) is 11.8 Å². The van der Waals surface area contributed by atoms with Crippen LogP contribution >= 0.6 is 0 Å². The quantitative estimate of drug-likeness (QED) is 0.670. The monoisotopic (exact) mass is 404 g/mol. The Kier molecular flexibility index (Phi) is 7.58. The van der Waals surface area contributed by atoms with Gasteiger partial charge in [-0.15, -0.1) is 0 Å². The van der Waals surface area contributed by atoms with Crippen LogP contribution in [0.4, 0.5) is 0 Å². The molecule has 29 heavy (non-hydrogen) atoms. The standard InChI is InChI=1S/C23H40N4O2/c1-3-4-12-20(28)27-15-8-11-19(17-27)16-23(21(29)26(2)22(24)25-23)14-13-18-9-6-5-7-10-18/h18-19H,3-17H2,1-2H3,(H2,24,25)/t19?,23-/m0/s1. The highest BCUT2D eigenvalue weighted by Crippen LogP contribution is 2.38. The molecule has 1 aliphatic carbocycles. The zero-order valence-electron chi connectivity index (χ0n) is 18.5. The van der Waals surface area contributed by atoms with Crippen molar-refractivity contribution in [1.29, 1.82) is 0 Å². The average Bonchev–Trinajstić information content (AvgIpc) is 2.95. The molecule has 1 saturated carbocycles. The van der Waals surface area contributed by atoms with Gasteiger partial charge in [0.15, 0.2) is 5.96 Å². The van der Waals surface area contributed by atoms with Gasteiger partial charge in [0.1, 0.15) is 5.54 Å². The minimum Gasteiger partial charge on any atom is -0.369 e. The topological polar surface area (TPSA) is 79.0 Å². The minimum absolute atomic E-state index is 0.0558. The summed E-state index contributed by atoms with van der Waals surface area (Å²) in [6, 6.07) is 0. The summed E-state index contributed by atoms with van der Waals surface area (Å²) in [6.45, 7) is 3.74. The van der Waals surface area contributed by atoms with E-state index < -0.39 is 5.54 Å². The fourth-order valence-corrected chi connectivity index (χ4v) is 5.50. The van der Waals surface area contributed by atoms with Gasteiger partial charge in [-0.25, -0.2) is 4.99 Å². The molecule has 2 aliphatic heterocycles. The number of likely N-dealkylation sites (tertiary alicyclic amines) is 1. The van der Waals surface area contributed by atoms with Crippen molar-refractivity contribution in [1.82, 2.24) is 9.80 Å². The van der Waals surface area contributed by atoms with E-state index in [2.05, 4.69) is 6.92 Å². The number of likely N-dealkylation sites (N-methyl/N-ethyl adjacent to an activating group) is 1. The molecule has 6 nitrogen and oxygen atoms in total. The average molecular weight is 405 g/mol. The number of rotatable bonds is 8. The number of aliphatic imine (C=N–C) groups is 1. The molecular formula is C23H40N4O2. The lowest BCUT2D eigenvalue weighted by atomic mass is 9.77. The van der Waals surface area contributed by atoms with E-state index in [0.717, 1.165) is 58.0 Å². The third-order valence-corrected chi connectivity index (χ3v) is 7.31. The van der Waals surface area contributed by atoms with E-state index >= 15 is 0 Å². The largest absolute Gasteiger partial charge is 0.369 e. The molecule has 164 valence electrons. The zero-order chi connectivity index (χ0) is 20.9. The molecular weight excluding hydrogens is 364 g/mol. The maximum atomic E-state index is 13.2. The van der Waals surface area contributed by atoms with Gasteiger partial charge < -0.3 is 10.6 Å². The molecule has 0 spiro atoms. The van der Waals surface area contributed by atoms with Crippen molar-refractivity contribution in [2.75, 3.05) is 20.1 Å². The van der Waals surface area contributed by atoms with Crippen LogP contribution in [0.1, 0.15) is 90.4 Å². The summed E-state index contributed by atoms with van der Waals surface area (Å²) in [5.74, 6) is 1.72. The molecule has 2 amide bonds. The van der Waals surface area contributed by atoms with Gasteiger partial charge >= 0.3 is 0 Å². The smallest absolute Gasteiger partial charge is 0.257 e. The highest BCUT2D eigenvalue weighted by molar-refractivity contribution is 6.06. The van der Waals surface area contributed by atoms with Crippen molar-refractivity contribution >= 4 is 17.8 Å². The predicted octanol–water partition coefficient (Wildman–Crippen LogP) is 3.69. The fraction of sp³-hybridized carbons (Fsp3) is 0.870. The molecule has 3 aliphatic rings. The van der Waals surface area contributed by atoms with Crippen LogP contribution in [-0.2, 0) is 9.59 Å². The van der Waals surface area contributed by atoms with Crippen molar-refractivity contribution in [3.8, 4) is 0 Å². The number of carbonyl (C=O) groups excluding carboxylic acids is 2. The Morgan fingerprint density at radius 2 is 1.90 bits per heavy atom. The number of guanidine groups is 1. The van der Waals surface area contributed by atoms with E-state index in [9.17, 15) is 9.59 Å². The number of nitrogens with zero attached hydrogens (tertiary/aromatic N) is 3. The van der Waals surface area contributed by atoms with Crippen LogP contribution in [0, 0.1) is 11.8 Å². The highest BCUT2D eigenvalue weighted by Gasteiger charge is 2.48. The molecule has 0 aromatic carbocycles. The number of nitrogens with two attached hydrogens (primary N) is 1. The first kappa shape index (κ1) is 22.1. The molecule has 2 heterocycles. The van der Waals surface area contributed by atoms with Crippen molar-refractivity contribution in [2.45, 2.75) is 95.9 Å². The van der Waals surface area contributed by atoms with Crippen molar-refractivity contribution < 1.29 is 9.59 Å². The van der Waals surface area contributed by atoms with Crippen LogP contribution in [-0.4, -0.2) is 53.2 Å². The fourth-order valence-electron chi connectivity index (χ4n) is 5.50. The second-order valence-electron chi connectivity index (χ2n) is 9.56. The molecule has 0 bridgehead atoms. The molecule has 0 aromatic heterocycles. The number of hydrogen-bond donors (Lipinski definition) is 1. The summed E-state index contributed by atoms with van der Waals surface area (Å²) in [5.41, 5.74) is 5.37. The summed E-state index contributed by atoms with van der Waals surface area (Å²) in [5, 5.41) is 0. The highest BCUT2D eigenvalue weighted by atomic mass is 16.2. The van der Waals surface area contributed by atoms with E-state index in [1.165, 1.54) is 37.0 Å². The molecule has 2 fully saturated rings. The number of amides is 2. The lowest BCUT2D eigenvalue weighted by Crippen LogP contribution is -2.46. The predicted molar refractivity (Wildman–Crippen MR) is 116 cm³/mol. The van der Waals surface area contributed by atoms with E-state index in [0.29, 0.717) is 24.2 Å². The van der Waals surface area contributed by atoms with Gasteiger partial charge in [0.2, 0.25) is 5.91 Å². The van der Waals surface area contributed by atoms with Crippen LogP contribution in [0.5, 0.6) is 0 Å². The summed E-state index contributed by atoms with van der Waals surface area (Å²) >= 11 is 0. The second-order valence-corrected chi connectivity index (χ2v) is 9.56. The van der Waals surface area contributed by atoms with E-state index in [4.69, 9.17) is 10.7 Å². The Labute approximate surface area is 176 Å². The summed E-state index contributed by atoms with van der Waals surface area (Å²) in [7, 11) is 1.74. The molecule has 1 saturated heterocycles. The Morgan fingerprint density at radius 1 is 1.17 bits per heavy atom. The van der Waals surface area contributed by atoms with E-state index in [1.54, 1.807) is 7.05 Å². The number of piperidine rings is 1. The van der Waals surface area contributed by atoms with E-state index in [1.807, 2.05) is 4.90 Å². The third-order valence-electron chi connectivity index (χ3n) is 7.31. The molecule has 2 atom stereocenters. The first-order valence-electron chi connectivity index (χ1n) is 11.9. The van der Waals surface area contributed by atoms with Gasteiger partial charge in [0, 0.05) is 26.6 Å². The number of hydrogen-bond acceptors (Lipinski definition) is 4. The second kappa shape index (κ2) is 9.94. The summed E-state index contributed by atoms with van der Waals surface area (Å²) in [4.78, 5) is 34.0. The van der Waals surface area contributed by atoms with Crippen LogP contribution < -0.4 is 5.73 Å². The van der Waals surface area contributed by atoms with Crippen LogP contribution in [0.3, 0.4) is 0 Å². The van der Waals surface area contributed by atoms with Crippen molar-refractivity contribution in [2.24, 2.45) is 22.6 Å². The Bertz CT molecular complexity index is 614. The Morgan fingerprint density at radius 3 is 2.55 bits per heavy atom. The van der Waals surface area contributed by atoms with Crippen LogP contribution in [0.25, 0.3) is 0 Å². The summed E-state index contributed by atoms with van der Waals surface area (Å²) < 4.78 is 0. The Hall–Kier alpha value is -1.59. The van der Waals surface area contributed by atoms with Crippen LogP contribution in [0.2, 0.25) is 0 Å². The first-order chi connectivity index (χ1) is 13.9. The maximum Gasteiger partial charge on any atom is 0.257 e. The van der Waals surface area contributed by atoms with Gasteiger partial charge in [-0.3, -0.25) is 14.5 Å². The van der Waals surface area contributed by atoms with Gasteiger partial charge in [-0.05, 0) is 50.4 Å². The van der Waals surface area contributed by atoms with Gasteiger partial charge in [0.25, 0.3) is 5.91 Å². The van der Waals surface area contributed by atoms with Gasteiger partial charge in [-0.2, -0.15) is 0 Å². The molecule has 0 radical (unpaired) electrons. The molecule has 3 rings (SSSR count). The molecule has 2 N–H and O–H groups in total. The molecule has 6 heteroatoms. The maximum absolute atomic E-state index is 13.2. The normalized spacial score (nSPS) is 28.7. The van der Waals surface area contributed by atoms with Gasteiger partial charge in [0.05, 0.1) is 0 Å².